The number of hydrogen-bond acceptors (Lipinski definition) is 1. The average molecular weight is 813 g/mol. The van der Waals surface area contributed by atoms with Crippen molar-refractivity contribution in [1.82, 2.24) is 9.13 Å². The van der Waals surface area contributed by atoms with Gasteiger partial charge in [0.25, 0.3) is 6.71 Å². The molecule has 4 heterocycles. The van der Waals surface area contributed by atoms with Crippen LogP contribution in [0.15, 0.2) is 224 Å². The maximum absolute atomic E-state index is 6.83. The van der Waals surface area contributed by atoms with Gasteiger partial charge in [0.2, 0.25) is 0 Å². The zero-order valence-electron chi connectivity index (χ0n) is 34.7. The molecule has 0 atom stereocenters. The Hall–Kier alpha value is -8.34. The van der Waals surface area contributed by atoms with Gasteiger partial charge in [-0.05, 0) is 116 Å². The van der Waals surface area contributed by atoms with Crippen LogP contribution in [0.4, 0.5) is 0 Å². The molecule has 0 spiro atoms. The average Bonchev–Trinajstić information content (AvgIpc) is 3.89. The Morgan fingerprint density at radius 2 is 0.781 bits per heavy atom. The molecule has 0 N–H and O–H groups in total. The highest BCUT2D eigenvalue weighted by Crippen LogP contribution is 2.44. The highest BCUT2D eigenvalue weighted by Gasteiger charge is 2.39. The van der Waals surface area contributed by atoms with Crippen molar-refractivity contribution in [1.29, 1.82) is 0 Å². The topological polar surface area (TPSA) is 19.1 Å². The van der Waals surface area contributed by atoms with Crippen LogP contribution in [0.2, 0.25) is 0 Å². The third-order valence-electron chi connectivity index (χ3n) is 13.8. The largest absolute Gasteiger partial charge is 0.458 e. The van der Waals surface area contributed by atoms with E-state index in [1.807, 2.05) is 0 Å². The molecule has 10 aromatic carbocycles. The van der Waals surface area contributed by atoms with Crippen LogP contribution in [0.3, 0.4) is 0 Å². The number of fused-ring (bicyclic) bond motifs is 15. The predicted molar refractivity (Wildman–Crippen MR) is 268 cm³/mol. The van der Waals surface area contributed by atoms with Gasteiger partial charge in [0.15, 0.2) is 0 Å². The SMILES string of the molecule is c1ccc(-c2cccc3c2B2c4ccccc4Oc4cccc(c42)-c2ccccc2-c2ccc(-n4c5ccccc5c5cc(-n6c7ccccc7c7ccccc76)ccc54)cc2-3)cc1. The number of para-hydroxylation sites is 4. The molecule has 0 bridgehead atoms. The van der Waals surface area contributed by atoms with E-state index in [2.05, 4.69) is 234 Å². The molecule has 2 aliphatic heterocycles. The zero-order valence-corrected chi connectivity index (χ0v) is 34.7. The van der Waals surface area contributed by atoms with E-state index >= 15 is 0 Å². The molecule has 0 saturated carbocycles. The number of rotatable bonds is 3. The van der Waals surface area contributed by atoms with Crippen LogP contribution in [0, 0.1) is 0 Å². The summed E-state index contributed by atoms with van der Waals surface area (Å²) in [5, 5.41) is 4.97. The molecule has 14 rings (SSSR count). The van der Waals surface area contributed by atoms with Crippen molar-refractivity contribution in [3.8, 4) is 67.4 Å². The second kappa shape index (κ2) is 13.6. The van der Waals surface area contributed by atoms with Crippen LogP contribution < -0.4 is 21.1 Å². The van der Waals surface area contributed by atoms with Crippen molar-refractivity contribution < 1.29 is 4.74 Å². The summed E-state index contributed by atoms with van der Waals surface area (Å²) in [5.74, 6) is 1.81. The normalized spacial score (nSPS) is 12.5. The number of aromatic nitrogens is 2. The quantitative estimate of drug-likeness (QED) is 0.163. The summed E-state index contributed by atoms with van der Waals surface area (Å²) in [4.78, 5) is 0. The van der Waals surface area contributed by atoms with Gasteiger partial charge in [-0.25, -0.2) is 0 Å². The first-order valence-corrected chi connectivity index (χ1v) is 22.1. The molecular weight excluding hydrogens is 775 g/mol. The molecule has 12 aromatic rings. The van der Waals surface area contributed by atoms with Crippen LogP contribution >= 0.6 is 0 Å². The van der Waals surface area contributed by atoms with Crippen molar-refractivity contribution in [2.24, 2.45) is 0 Å². The highest BCUT2D eigenvalue weighted by atomic mass is 16.5. The van der Waals surface area contributed by atoms with Gasteiger partial charge in [-0.1, -0.05) is 169 Å². The van der Waals surface area contributed by atoms with Gasteiger partial charge in [-0.3, -0.25) is 0 Å². The van der Waals surface area contributed by atoms with Gasteiger partial charge in [0, 0.05) is 32.9 Å². The third kappa shape index (κ3) is 4.99. The second-order valence-electron chi connectivity index (χ2n) is 17.1. The Morgan fingerprint density at radius 3 is 1.52 bits per heavy atom. The Kier molecular flexibility index (Phi) is 7.49. The van der Waals surface area contributed by atoms with Crippen LogP contribution in [0.25, 0.3) is 99.5 Å². The van der Waals surface area contributed by atoms with E-state index in [9.17, 15) is 0 Å². The van der Waals surface area contributed by atoms with Crippen molar-refractivity contribution in [2.75, 3.05) is 0 Å². The predicted octanol–water partition coefficient (Wildman–Crippen LogP) is 13.5. The van der Waals surface area contributed by atoms with E-state index in [0.29, 0.717) is 0 Å². The summed E-state index contributed by atoms with van der Waals surface area (Å²) in [6, 6.07) is 82.5. The van der Waals surface area contributed by atoms with Gasteiger partial charge in [0.05, 0.1) is 22.1 Å². The molecule has 0 aliphatic carbocycles. The van der Waals surface area contributed by atoms with E-state index in [4.69, 9.17) is 4.74 Å². The monoisotopic (exact) mass is 812 g/mol. The lowest BCUT2D eigenvalue weighted by Crippen LogP contribution is -2.56. The molecule has 0 fully saturated rings. The maximum atomic E-state index is 6.83. The van der Waals surface area contributed by atoms with E-state index < -0.39 is 0 Å². The first-order valence-electron chi connectivity index (χ1n) is 22.1. The Labute approximate surface area is 370 Å². The molecule has 64 heavy (non-hydrogen) atoms. The molecule has 0 radical (unpaired) electrons. The molecule has 3 nitrogen and oxygen atoms in total. The van der Waals surface area contributed by atoms with Gasteiger partial charge in [-0.2, -0.15) is 0 Å². The molecule has 2 aliphatic rings. The number of hydrogen-bond donors (Lipinski definition) is 0. The van der Waals surface area contributed by atoms with E-state index in [1.165, 1.54) is 105 Å². The van der Waals surface area contributed by atoms with E-state index in [-0.39, 0.29) is 6.71 Å². The van der Waals surface area contributed by atoms with Crippen molar-refractivity contribution in [3.05, 3.63) is 224 Å². The highest BCUT2D eigenvalue weighted by molar-refractivity contribution is 6.99. The van der Waals surface area contributed by atoms with E-state index in [1.54, 1.807) is 0 Å². The minimum atomic E-state index is -0.0993. The molecule has 296 valence electrons. The standard InChI is InChI=1S/C60H37BN2O/c1-2-16-38(17-3-1)41-23-14-24-49-50-36-39(32-34-44(50)42-18-4-5-19-43(42)48-25-15-31-58-60(48)61(59(41)49)52-26-9-13-30-57(52)64-58)63-55-29-12-8-22-47(55)51-37-40(33-35-56(51)63)62-53-27-10-6-20-45(53)46-21-7-11-28-54(46)62/h1-37H. The lowest BCUT2D eigenvalue weighted by Gasteiger charge is -2.31. The van der Waals surface area contributed by atoms with Crippen molar-refractivity contribution >= 4 is 66.7 Å². The van der Waals surface area contributed by atoms with Crippen molar-refractivity contribution in [2.45, 2.75) is 0 Å². The minimum absolute atomic E-state index is 0.0993. The van der Waals surface area contributed by atoms with E-state index in [0.717, 1.165) is 22.9 Å². The summed E-state index contributed by atoms with van der Waals surface area (Å²) in [7, 11) is 0. The van der Waals surface area contributed by atoms with Gasteiger partial charge in [-0.15, -0.1) is 0 Å². The summed E-state index contributed by atoms with van der Waals surface area (Å²) < 4.78 is 11.7. The zero-order chi connectivity index (χ0) is 41.9. The fourth-order valence-electron chi connectivity index (χ4n) is 11.2. The summed E-state index contributed by atoms with van der Waals surface area (Å²) in [6.07, 6.45) is 0. The second-order valence-corrected chi connectivity index (χ2v) is 17.1. The number of nitrogens with zero attached hydrogens (tertiary/aromatic N) is 2. The summed E-state index contributed by atoms with van der Waals surface area (Å²) in [6.45, 7) is -0.0993. The Morgan fingerprint density at radius 1 is 0.297 bits per heavy atom. The van der Waals surface area contributed by atoms with Crippen LogP contribution in [-0.2, 0) is 0 Å². The molecular formula is C60H37BN2O. The molecule has 2 aromatic heterocycles. The molecule has 4 heteroatoms. The Balaban J connectivity index is 1.07. The fourth-order valence-corrected chi connectivity index (χ4v) is 11.2. The lowest BCUT2D eigenvalue weighted by atomic mass is 9.33. The first kappa shape index (κ1) is 35.3. The van der Waals surface area contributed by atoms with Crippen LogP contribution in [0.5, 0.6) is 11.5 Å². The van der Waals surface area contributed by atoms with Gasteiger partial charge < -0.3 is 13.9 Å². The molecule has 0 saturated heterocycles. The van der Waals surface area contributed by atoms with Crippen LogP contribution in [-0.4, -0.2) is 15.8 Å². The molecule has 0 unspecified atom stereocenters. The fraction of sp³-hybridized carbons (Fsp3) is 0. The lowest BCUT2D eigenvalue weighted by molar-refractivity contribution is 0.487. The summed E-state index contributed by atoms with van der Waals surface area (Å²) >= 11 is 0. The Bertz CT molecular complexity index is 3840. The number of ether oxygens (including phenoxy) is 1. The summed E-state index contributed by atoms with van der Waals surface area (Å²) in [5.41, 5.74) is 20.3. The van der Waals surface area contributed by atoms with Gasteiger partial charge >= 0.3 is 0 Å². The number of benzene rings is 10. The smallest absolute Gasteiger partial charge is 0.253 e. The minimum Gasteiger partial charge on any atom is -0.458 e. The first-order chi connectivity index (χ1) is 31.8. The van der Waals surface area contributed by atoms with Crippen LogP contribution in [0.1, 0.15) is 0 Å². The maximum Gasteiger partial charge on any atom is 0.253 e. The van der Waals surface area contributed by atoms with Gasteiger partial charge in [0.1, 0.15) is 11.5 Å². The van der Waals surface area contributed by atoms with Crippen molar-refractivity contribution in [3.63, 3.8) is 0 Å². The molecule has 0 amide bonds. The third-order valence-corrected chi connectivity index (χ3v) is 13.8.